The summed E-state index contributed by atoms with van der Waals surface area (Å²) in [6.07, 6.45) is 6.25. The first kappa shape index (κ1) is 16.5. The lowest BCUT2D eigenvalue weighted by atomic mass is 9.69. The number of esters is 1. The summed E-state index contributed by atoms with van der Waals surface area (Å²) in [5.74, 6) is 0.455. The van der Waals surface area contributed by atoms with Crippen LogP contribution in [0.25, 0.3) is 0 Å². The molecule has 0 aromatic rings. The van der Waals surface area contributed by atoms with E-state index in [0.29, 0.717) is 5.92 Å². The third-order valence-electron chi connectivity index (χ3n) is 5.33. The SMILES string of the molecule is CC(C)(OC(=O)C(C)(C)C(C)(C)C)C1CCCCC1. The molecule has 0 spiro atoms. The second kappa shape index (κ2) is 5.46. The zero-order valence-corrected chi connectivity index (χ0v) is 13.9. The van der Waals surface area contributed by atoms with E-state index in [4.69, 9.17) is 4.74 Å². The van der Waals surface area contributed by atoms with Crippen LogP contribution in [0.3, 0.4) is 0 Å². The van der Waals surface area contributed by atoms with Crippen molar-refractivity contribution in [2.75, 3.05) is 0 Å². The van der Waals surface area contributed by atoms with Gasteiger partial charge in [-0.2, -0.15) is 0 Å². The Balaban J connectivity index is 2.74. The second-order valence-corrected chi connectivity index (χ2v) is 8.20. The van der Waals surface area contributed by atoms with Gasteiger partial charge in [0, 0.05) is 0 Å². The summed E-state index contributed by atoms with van der Waals surface area (Å²) in [6.45, 7) is 14.4. The number of carbonyl (C=O) groups is 1. The maximum absolute atomic E-state index is 12.5. The Labute approximate surface area is 119 Å². The molecule has 112 valence electrons. The molecule has 1 aliphatic carbocycles. The quantitative estimate of drug-likeness (QED) is 0.676. The minimum Gasteiger partial charge on any atom is -0.459 e. The number of rotatable bonds is 3. The smallest absolute Gasteiger partial charge is 0.312 e. The topological polar surface area (TPSA) is 26.3 Å². The van der Waals surface area contributed by atoms with Crippen LogP contribution in [0.15, 0.2) is 0 Å². The van der Waals surface area contributed by atoms with Crippen molar-refractivity contribution in [3.8, 4) is 0 Å². The van der Waals surface area contributed by atoms with Crippen LogP contribution in [0, 0.1) is 16.7 Å². The molecule has 1 saturated carbocycles. The Morgan fingerprint density at radius 1 is 0.895 bits per heavy atom. The monoisotopic (exact) mass is 268 g/mol. The van der Waals surface area contributed by atoms with Crippen molar-refractivity contribution >= 4 is 5.97 Å². The molecule has 0 amide bonds. The van der Waals surface area contributed by atoms with Gasteiger partial charge in [-0.1, -0.05) is 40.0 Å². The predicted molar refractivity (Wildman–Crippen MR) is 80.0 cm³/mol. The Morgan fingerprint density at radius 3 is 1.79 bits per heavy atom. The highest BCUT2D eigenvalue weighted by molar-refractivity contribution is 5.77. The van der Waals surface area contributed by atoms with Gasteiger partial charge in [0.2, 0.25) is 0 Å². The zero-order valence-electron chi connectivity index (χ0n) is 13.9. The lowest BCUT2D eigenvalue weighted by Crippen LogP contribution is -2.45. The molecule has 0 aromatic carbocycles. The molecule has 0 atom stereocenters. The minimum absolute atomic E-state index is 0.0597. The molecule has 2 heteroatoms. The molecule has 2 nitrogen and oxygen atoms in total. The normalized spacial score (nSPS) is 19.3. The molecule has 0 saturated heterocycles. The molecule has 0 aliphatic heterocycles. The van der Waals surface area contributed by atoms with Crippen LogP contribution in [0.2, 0.25) is 0 Å². The van der Waals surface area contributed by atoms with E-state index in [1.54, 1.807) is 0 Å². The summed E-state index contributed by atoms with van der Waals surface area (Å²) in [5.41, 5.74) is -0.883. The van der Waals surface area contributed by atoms with E-state index in [2.05, 4.69) is 34.6 Å². The average molecular weight is 268 g/mol. The molecule has 19 heavy (non-hydrogen) atoms. The first-order valence-corrected chi connectivity index (χ1v) is 7.72. The first-order valence-electron chi connectivity index (χ1n) is 7.72. The lowest BCUT2D eigenvalue weighted by molar-refractivity contribution is -0.180. The molecule has 0 bridgehead atoms. The number of ether oxygens (including phenoxy) is 1. The standard InChI is InChI=1S/C17H32O2/c1-15(2,3)16(4,5)14(18)19-17(6,7)13-11-9-8-10-12-13/h13H,8-12H2,1-7H3. The van der Waals surface area contributed by atoms with Crippen molar-refractivity contribution in [1.29, 1.82) is 0 Å². The summed E-state index contributed by atoms with van der Waals surface area (Å²) in [7, 11) is 0. The van der Waals surface area contributed by atoms with Crippen LogP contribution in [-0.4, -0.2) is 11.6 Å². The van der Waals surface area contributed by atoms with Gasteiger partial charge in [0.15, 0.2) is 0 Å². The van der Waals surface area contributed by atoms with Crippen LogP contribution in [-0.2, 0) is 9.53 Å². The number of carbonyl (C=O) groups excluding carboxylic acids is 1. The van der Waals surface area contributed by atoms with Gasteiger partial charge < -0.3 is 4.74 Å². The fourth-order valence-electron chi connectivity index (χ4n) is 2.55. The van der Waals surface area contributed by atoms with E-state index in [9.17, 15) is 4.79 Å². The molecule has 0 aromatic heterocycles. The Bertz CT molecular complexity index is 315. The van der Waals surface area contributed by atoms with E-state index in [-0.39, 0.29) is 17.0 Å². The van der Waals surface area contributed by atoms with Gasteiger partial charge in [-0.15, -0.1) is 0 Å². The zero-order chi connectivity index (χ0) is 14.9. The molecule has 0 radical (unpaired) electrons. The minimum atomic E-state index is -0.459. The third kappa shape index (κ3) is 3.73. The van der Waals surface area contributed by atoms with E-state index in [1.807, 2.05) is 13.8 Å². The van der Waals surface area contributed by atoms with Crippen LogP contribution >= 0.6 is 0 Å². The highest BCUT2D eigenvalue weighted by atomic mass is 16.6. The first-order chi connectivity index (χ1) is 8.48. The molecule has 1 fully saturated rings. The van der Waals surface area contributed by atoms with Gasteiger partial charge in [-0.05, 0) is 51.9 Å². The summed E-state index contributed by atoms with van der Waals surface area (Å²) in [6, 6.07) is 0. The average Bonchev–Trinajstić information content (AvgIpc) is 2.28. The van der Waals surface area contributed by atoms with Crippen LogP contribution in [0.4, 0.5) is 0 Å². The molecule has 0 unspecified atom stereocenters. The highest BCUT2D eigenvalue weighted by Crippen LogP contribution is 2.42. The van der Waals surface area contributed by atoms with E-state index < -0.39 is 5.41 Å². The van der Waals surface area contributed by atoms with E-state index in [0.717, 1.165) is 0 Å². The second-order valence-electron chi connectivity index (χ2n) is 8.20. The Morgan fingerprint density at radius 2 is 1.37 bits per heavy atom. The van der Waals surface area contributed by atoms with Crippen molar-refractivity contribution in [2.24, 2.45) is 16.7 Å². The van der Waals surface area contributed by atoms with Crippen molar-refractivity contribution in [3.05, 3.63) is 0 Å². The van der Waals surface area contributed by atoms with Crippen LogP contribution in [0.1, 0.15) is 80.6 Å². The van der Waals surface area contributed by atoms with Gasteiger partial charge >= 0.3 is 5.97 Å². The lowest BCUT2D eigenvalue weighted by Gasteiger charge is -2.42. The molecular weight excluding hydrogens is 236 g/mol. The van der Waals surface area contributed by atoms with Gasteiger partial charge in [0.1, 0.15) is 5.60 Å². The Hall–Kier alpha value is -0.530. The maximum Gasteiger partial charge on any atom is 0.312 e. The van der Waals surface area contributed by atoms with Crippen molar-refractivity contribution in [3.63, 3.8) is 0 Å². The van der Waals surface area contributed by atoms with E-state index >= 15 is 0 Å². The van der Waals surface area contributed by atoms with Gasteiger partial charge in [-0.25, -0.2) is 0 Å². The van der Waals surface area contributed by atoms with Crippen molar-refractivity contribution in [2.45, 2.75) is 86.2 Å². The molecule has 1 rings (SSSR count). The number of hydrogen-bond acceptors (Lipinski definition) is 2. The fourth-order valence-corrected chi connectivity index (χ4v) is 2.55. The number of hydrogen-bond donors (Lipinski definition) is 0. The summed E-state index contributed by atoms with van der Waals surface area (Å²) >= 11 is 0. The van der Waals surface area contributed by atoms with E-state index in [1.165, 1.54) is 32.1 Å². The van der Waals surface area contributed by atoms with Crippen molar-refractivity contribution < 1.29 is 9.53 Å². The van der Waals surface area contributed by atoms with Gasteiger partial charge in [0.05, 0.1) is 5.41 Å². The van der Waals surface area contributed by atoms with Gasteiger partial charge in [0.25, 0.3) is 0 Å². The summed E-state index contributed by atoms with van der Waals surface area (Å²) in [5, 5.41) is 0. The fraction of sp³-hybridized carbons (Fsp3) is 0.941. The highest BCUT2D eigenvalue weighted by Gasteiger charge is 2.44. The molecule has 1 aliphatic rings. The van der Waals surface area contributed by atoms with Crippen LogP contribution < -0.4 is 0 Å². The molecule has 0 heterocycles. The third-order valence-corrected chi connectivity index (χ3v) is 5.33. The maximum atomic E-state index is 12.5. The van der Waals surface area contributed by atoms with Gasteiger partial charge in [-0.3, -0.25) is 4.79 Å². The molecule has 0 N–H and O–H groups in total. The van der Waals surface area contributed by atoms with Crippen LogP contribution in [0.5, 0.6) is 0 Å². The predicted octanol–water partition coefficient (Wildman–Crippen LogP) is 4.96. The van der Waals surface area contributed by atoms with Crippen molar-refractivity contribution in [1.82, 2.24) is 0 Å². The Kier molecular flexibility index (Phi) is 4.75. The summed E-state index contributed by atoms with van der Waals surface area (Å²) in [4.78, 5) is 12.5. The largest absolute Gasteiger partial charge is 0.459 e. The summed E-state index contributed by atoms with van der Waals surface area (Å²) < 4.78 is 5.93. The molecular formula is C17H32O2.